The van der Waals surface area contributed by atoms with Crippen LogP contribution in [0.1, 0.15) is 41.9 Å². The quantitative estimate of drug-likeness (QED) is 0.828. The van der Waals surface area contributed by atoms with E-state index in [1.807, 2.05) is 4.57 Å². The van der Waals surface area contributed by atoms with E-state index >= 15 is 0 Å². The molecule has 0 saturated carbocycles. The van der Waals surface area contributed by atoms with Crippen LogP contribution in [0.4, 0.5) is 0 Å². The number of aryl methyl sites for hydroxylation is 1. The number of carbonyl (C=O) groups excluding carboxylic acids is 1. The number of halogens is 1. The Hall–Kier alpha value is -2.12. The van der Waals surface area contributed by atoms with Gasteiger partial charge in [-0.3, -0.25) is 14.3 Å². The van der Waals surface area contributed by atoms with Crippen molar-refractivity contribution in [3.63, 3.8) is 0 Å². The van der Waals surface area contributed by atoms with Crippen molar-refractivity contribution < 1.29 is 4.79 Å². The molecule has 0 radical (unpaired) electrons. The number of fused-ring (bicyclic) bond motifs is 1. The molecule has 1 aromatic heterocycles. The number of aromatic nitrogens is 3. The predicted molar refractivity (Wildman–Crippen MR) is 108 cm³/mol. The lowest BCUT2D eigenvalue weighted by Crippen LogP contribution is -2.48. The molecule has 3 heterocycles. The zero-order valence-corrected chi connectivity index (χ0v) is 16.7. The lowest BCUT2D eigenvalue weighted by Gasteiger charge is -2.33. The largest absolute Gasteiger partial charge is 0.348 e. The molecule has 0 aliphatic carbocycles. The molecule has 7 nitrogen and oxygen atoms in total. The number of amides is 1. The van der Waals surface area contributed by atoms with Gasteiger partial charge in [0.25, 0.3) is 5.91 Å². The average Bonchev–Trinajstić information content (AvgIpc) is 3.03. The Morgan fingerprint density at radius 2 is 2.11 bits per heavy atom. The first-order valence-electron chi connectivity index (χ1n) is 10.1. The zero-order chi connectivity index (χ0) is 19.5. The molecule has 150 valence electrons. The van der Waals surface area contributed by atoms with Crippen molar-refractivity contribution in [1.29, 1.82) is 0 Å². The summed E-state index contributed by atoms with van der Waals surface area (Å²) in [6.45, 7) is 3.91. The zero-order valence-electron chi connectivity index (χ0n) is 15.9. The predicted octanol–water partition coefficient (Wildman–Crippen LogP) is 1.93. The van der Waals surface area contributed by atoms with Crippen molar-refractivity contribution in [1.82, 2.24) is 24.6 Å². The number of hydrogen-bond acceptors (Lipinski definition) is 4. The fraction of sp³-hybridized carbons (Fsp3) is 0.550. The maximum absolute atomic E-state index is 12.5. The van der Waals surface area contributed by atoms with E-state index in [-0.39, 0.29) is 17.6 Å². The van der Waals surface area contributed by atoms with Crippen LogP contribution in [0.25, 0.3) is 0 Å². The van der Waals surface area contributed by atoms with Gasteiger partial charge >= 0.3 is 5.69 Å². The number of piperidine rings is 1. The van der Waals surface area contributed by atoms with E-state index in [1.165, 1.54) is 0 Å². The first-order valence-corrected chi connectivity index (χ1v) is 10.4. The summed E-state index contributed by atoms with van der Waals surface area (Å²) in [6, 6.07) is 7.11. The highest BCUT2D eigenvalue weighted by Crippen LogP contribution is 2.14. The molecule has 1 saturated heterocycles. The van der Waals surface area contributed by atoms with Gasteiger partial charge in [0.2, 0.25) is 0 Å². The second-order valence-electron chi connectivity index (χ2n) is 7.65. The number of hydrogen-bond donors (Lipinski definition) is 1. The van der Waals surface area contributed by atoms with Gasteiger partial charge in [0.15, 0.2) is 0 Å². The summed E-state index contributed by atoms with van der Waals surface area (Å²) in [5.74, 6) is 0.828. The van der Waals surface area contributed by atoms with Gasteiger partial charge in [-0.1, -0.05) is 17.7 Å². The summed E-state index contributed by atoms with van der Waals surface area (Å²) in [6.07, 6.45) is 5.04. The molecule has 8 heteroatoms. The molecule has 1 fully saturated rings. The SMILES string of the molecule is O=C(NC1CCCN(CCn2nc3n(c2=O)CCCC3)C1)c1cccc(Cl)c1. The van der Waals surface area contributed by atoms with E-state index in [9.17, 15) is 9.59 Å². The Kier molecular flexibility index (Phi) is 5.82. The van der Waals surface area contributed by atoms with E-state index in [4.69, 9.17) is 11.6 Å². The molecule has 1 atom stereocenters. The van der Waals surface area contributed by atoms with Crippen LogP contribution < -0.4 is 11.0 Å². The van der Waals surface area contributed by atoms with Crippen molar-refractivity contribution in [2.24, 2.45) is 0 Å². The molecule has 1 aromatic carbocycles. The van der Waals surface area contributed by atoms with E-state index in [1.54, 1.807) is 28.9 Å². The smallest absolute Gasteiger partial charge is 0.345 e. The normalized spacial score (nSPS) is 20.0. The van der Waals surface area contributed by atoms with Gasteiger partial charge in [-0.25, -0.2) is 9.48 Å². The molecule has 2 aliphatic rings. The summed E-state index contributed by atoms with van der Waals surface area (Å²) in [5, 5.41) is 8.18. The van der Waals surface area contributed by atoms with Crippen LogP contribution in [-0.4, -0.2) is 50.8 Å². The van der Waals surface area contributed by atoms with Gasteiger partial charge in [-0.05, 0) is 50.4 Å². The summed E-state index contributed by atoms with van der Waals surface area (Å²) >= 11 is 5.98. The maximum atomic E-state index is 12.5. The highest BCUT2D eigenvalue weighted by molar-refractivity contribution is 6.30. The van der Waals surface area contributed by atoms with Gasteiger partial charge in [-0.2, -0.15) is 5.10 Å². The van der Waals surface area contributed by atoms with Crippen molar-refractivity contribution in [3.05, 3.63) is 51.2 Å². The van der Waals surface area contributed by atoms with Crippen LogP contribution in [-0.2, 0) is 19.5 Å². The highest BCUT2D eigenvalue weighted by Gasteiger charge is 2.23. The molecule has 2 aromatic rings. The fourth-order valence-corrected chi connectivity index (χ4v) is 4.30. The molecule has 1 N–H and O–H groups in total. The van der Waals surface area contributed by atoms with Crippen LogP contribution in [0.3, 0.4) is 0 Å². The van der Waals surface area contributed by atoms with Crippen LogP contribution >= 0.6 is 11.6 Å². The first kappa shape index (κ1) is 19.2. The number of likely N-dealkylation sites (tertiary alicyclic amines) is 1. The Morgan fingerprint density at radius 1 is 1.21 bits per heavy atom. The minimum Gasteiger partial charge on any atom is -0.348 e. The van der Waals surface area contributed by atoms with Gasteiger partial charge < -0.3 is 5.32 Å². The third kappa shape index (κ3) is 4.31. The topological polar surface area (TPSA) is 72.2 Å². The number of carbonyl (C=O) groups is 1. The molecular weight excluding hydrogens is 378 g/mol. The third-order valence-corrected chi connectivity index (χ3v) is 5.82. The van der Waals surface area contributed by atoms with Crippen molar-refractivity contribution in [3.8, 4) is 0 Å². The number of rotatable bonds is 5. The molecule has 28 heavy (non-hydrogen) atoms. The Labute approximate surface area is 169 Å². The van der Waals surface area contributed by atoms with E-state index in [0.29, 0.717) is 17.1 Å². The average molecular weight is 404 g/mol. The summed E-state index contributed by atoms with van der Waals surface area (Å²) in [5.41, 5.74) is 0.595. The van der Waals surface area contributed by atoms with E-state index in [2.05, 4.69) is 15.3 Å². The van der Waals surface area contributed by atoms with Gasteiger partial charge in [0.1, 0.15) is 5.82 Å². The van der Waals surface area contributed by atoms with Crippen LogP contribution in [0.5, 0.6) is 0 Å². The summed E-state index contributed by atoms with van der Waals surface area (Å²) < 4.78 is 3.42. The molecule has 0 bridgehead atoms. The van der Waals surface area contributed by atoms with Gasteiger partial charge in [0.05, 0.1) is 6.54 Å². The highest BCUT2D eigenvalue weighted by atomic mass is 35.5. The van der Waals surface area contributed by atoms with Crippen LogP contribution in [0, 0.1) is 0 Å². The molecule has 1 unspecified atom stereocenters. The molecule has 4 rings (SSSR count). The maximum Gasteiger partial charge on any atom is 0.345 e. The minimum absolute atomic E-state index is 0.0116. The Bertz CT molecular complexity index is 906. The van der Waals surface area contributed by atoms with Crippen molar-refractivity contribution in [2.45, 2.75) is 51.2 Å². The lowest BCUT2D eigenvalue weighted by molar-refractivity contribution is 0.0901. The van der Waals surface area contributed by atoms with Crippen LogP contribution in [0.15, 0.2) is 29.1 Å². The molecule has 1 amide bonds. The molecular formula is C20H26ClN5O2. The minimum atomic E-state index is -0.0904. The monoisotopic (exact) mass is 403 g/mol. The first-order chi connectivity index (χ1) is 13.6. The molecule has 2 aliphatic heterocycles. The van der Waals surface area contributed by atoms with E-state index in [0.717, 1.165) is 64.1 Å². The Morgan fingerprint density at radius 3 is 2.93 bits per heavy atom. The third-order valence-electron chi connectivity index (χ3n) is 5.59. The summed E-state index contributed by atoms with van der Waals surface area (Å²) in [4.78, 5) is 27.2. The summed E-state index contributed by atoms with van der Waals surface area (Å²) in [7, 11) is 0. The number of nitrogens with zero attached hydrogens (tertiary/aromatic N) is 4. The number of benzene rings is 1. The molecule has 0 spiro atoms. The standard InChI is InChI=1S/C20H26ClN5O2/c21-16-6-3-5-15(13-16)19(27)22-17-7-4-9-24(14-17)11-12-26-20(28)25-10-2-1-8-18(25)23-26/h3,5-6,13,17H,1-2,4,7-12,14H2,(H,22,27). The Balaban J connectivity index is 1.32. The lowest BCUT2D eigenvalue weighted by atomic mass is 10.0. The number of nitrogens with one attached hydrogen (secondary N) is 1. The second-order valence-corrected chi connectivity index (χ2v) is 8.09. The van der Waals surface area contributed by atoms with E-state index < -0.39 is 0 Å². The fourth-order valence-electron chi connectivity index (χ4n) is 4.11. The second kappa shape index (κ2) is 8.49. The van der Waals surface area contributed by atoms with Crippen LogP contribution in [0.2, 0.25) is 5.02 Å². The van der Waals surface area contributed by atoms with Gasteiger partial charge in [0, 0.05) is 42.7 Å². The van der Waals surface area contributed by atoms with Crippen molar-refractivity contribution >= 4 is 17.5 Å². The van der Waals surface area contributed by atoms with Crippen molar-refractivity contribution in [2.75, 3.05) is 19.6 Å². The van der Waals surface area contributed by atoms with Gasteiger partial charge in [-0.15, -0.1) is 0 Å².